The zero-order valence-electron chi connectivity index (χ0n) is 13.0. The van der Waals surface area contributed by atoms with Crippen LogP contribution < -0.4 is 5.11 Å². The Morgan fingerprint density at radius 1 is 0.826 bits per heavy atom. The SMILES string of the molecule is CC1=C(C)/C(=C(/[O-])c2ccccc2)P=C1C(=O)c1ccccc1. The fraction of sp³-hybridized carbons (Fsp3) is 0.100. The number of carbonyl (C=O) groups is 1. The summed E-state index contributed by atoms with van der Waals surface area (Å²) in [5.74, 6) is -0.0000401. The molecule has 0 bridgehead atoms. The third kappa shape index (κ3) is 2.91. The largest absolute Gasteiger partial charge is 0.871 e. The number of rotatable bonds is 3. The van der Waals surface area contributed by atoms with Crippen LogP contribution in [0.25, 0.3) is 5.76 Å². The summed E-state index contributed by atoms with van der Waals surface area (Å²) in [6.07, 6.45) is 0. The highest BCUT2D eigenvalue weighted by molar-refractivity contribution is 7.50. The monoisotopic (exact) mass is 319 g/mol. The molecule has 2 nitrogen and oxygen atoms in total. The quantitative estimate of drug-likeness (QED) is 0.486. The Kier molecular flexibility index (Phi) is 4.27. The van der Waals surface area contributed by atoms with Crippen molar-refractivity contribution in [2.45, 2.75) is 13.8 Å². The summed E-state index contributed by atoms with van der Waals surface area (Å²) in [4.78, 5) is 12.7. The maximum atomic E-state index is 12.7. The minimum absolute atomic E-state index is 0.0000201. The second kappa shape index (κ2) is 6.36. The lowest BCUT2D eigenvalue weighted by atomic mass is 10.00. The first kappa shape index (κ1) is 15.5. The number of ketones is 1. The maximum absolute atomic E-state index is 12.7. The molecular weight excluding hydrogens is 303 g/mol. The molecule has 0 radical (unpaired) electrons. The van der Waals surface area contributed by atoms with Crippen LogP contribution in [0.5, 0.6) is 0 Å². The smallest absolute Gasteiger partial charge is 0.197 e. The van der Waals surface area contributed by atoms with Gasteiger partial charge in [0.1, 0.15) is 0 Å². The van der Waals surface area contributed by atoms with Crippen LogP contribution in [-0.4, -0.2) is 11.1 Å². The lowest BCUT2D eigenvalue weighted by Gasteiger charge is -2.16. The van der Waals surface area contributed by atoms with E-state index in [9.17, 15) is 9.90 Å². The van der Waals surface area contributed by atoms with E-state index in [1.54, 1.807) is 0 Å². The summed E-state index contributed by atoms with van der Waals surface area (Å²) in [5.41, 5.74) is 3.16. The van der Waals surface area contributed by atoms with E-state index in [4.69, 9.17) is 0 Å². The molecule has 0 aliphatic carbocycles. The fourth-order valence-corrected chi connectivity index (χ4v) is 3.89. The number of allylic oxidation sites excluding steroid dienone is 3. The molecule has 0 saturated heterocycles. The van der Waals surface area contributed by atoms with Gasteiger partial charge in [0, 0.05) is 5.56 Å². The maximum Gasteiger partial charge on any atom is 0.197 e. The van der Waals surface area contributed by atoms with Crippen molar-refractivity contribution in [1.82, 2.24) is 0 Å². The number of benzene rings is 2. The van der Waals surface area contributed by atoms with Crippen molar-refractivity contribution in [3.05, 3.63) is 88.3 Å². The molecule has 0 spiro atoms. The van der Waals surface area contributed by atoms with Crippen LogP contribution in [0.1, 0.15) is 29.8 Å². The van der Waals surface area contributed by atoms with E-state index >= 15 is 0 Å². The average molecular weight is 319 g/mol. The number of hydrogen-bond donors (Lipinski definition) is 0. The van der Waals surface area contributed by atoms with Crippen molar-refractivity contribution in [2.75, 3.05) is 0 Å². The van der Waals surface area contributed by atoms with Gasteiger partial charge in [-0.3, -0.25) is 4.79 Å². The minimum Gasteiger partial charge on any atom is -0.871 e. The third-order valence-corrected chi connectivity index (χ3v) is 5.52. The van der Waals surface area contributed by atoms with Gasteiger partial charge in [-0.2, -0.15) is 0 Å². The third-order valence-electron chi connectivity index (χ3n) is 4.00. The van der Waals surface area contributed by atoms with E-state index in [2.05, 4.69) is 0 Å². The molecule has 1 aliphatic rings. The summed E-state index contributed by atoms with van der Waals surface area (Å²) >= 11 is 0. The van der Waals surface area contributed by atoms with Gasteiger partial charge in [-0.05, 0) is 35.9 Å². The van der Waals surface area contributed by atoms with Gasteiger partial charge in [-0.15, -0.1) is 0 Å². The number of hydrogen-bond acceptors (Lipinski definition) is 2. The fourth-order valence-electron chi connectivity index (χ4n) is 2.53. The number of Topliss-reactive ketones (excluding diaryl/α,β-unsaturated/α-hetero) is 1. The Hall–Kier alpha value is -2.44. The van der Waals surface area contributed by atoms with Gasteiger partial charge < -0.3 is 5.11 Å². The highest BCUT2D eigenvalue weighted by atomic mass is 31.1. The molecule has 23 heavy (non-hydrogen) atoms. The Labute approximate surface area is 137 Å². The second-order valence-corrected chi connectivity index (χ2v) is 6.57. The lowest BCUT2D eigenvalue weighted by Crippen LogP contribution is -2.12. The molecular formula is C20H16O2P-. The van der Waals surface area contributed by atoms with Gasteiger partial charge in [0.2, 0.25) is 0 Å². The van der Waals surface area contributed by atoms with Crippen molar-refractivity contribution >= 4 is 25.0 Å². The molecule has 114 valence electrons. The number of carbonyl (C=O) groups excluding carboxylic acids is 1. The van der Waals surface area contributed by atoms with Crippen LogP contribution in [0.2, 0.25) is 0 Å². The first-order chi connectivity index (χ1) is 11.1. The van der Waals surface area contributed by atoms with Crippen molar-refractivity contribution < 1.29 is 9.90 Å². The summed E-state index contributed by atoms with van der Waals surface area (Å²) < 4.78 is 0. The molecule has 0 fully saturated rings. The van der Waals surface area contributed by atoms with Crippen LogP contribution in [0.3, 0.4) is 0 Å². The van der Waals surface area contributed by atoms with Gasteiger partial charge in [0.15, 0.2) is 5.78 Å². The lowest BCUT2D eigenvalue weighted by molar-refractivity contribution is -0.244. The predicted octanol–water partition coefficient (Wildman–Crippen LogP) is 4.07. The topological polar surface area (TPSA) is 40.1 Å². The first-order valence-electron chi connectivity index (χ1n) is 7.43. The summed E-state index contributed by atoms with van der Waals surface area (Å²) in [7, 11) is 0.708. The summed E-state index contributed by atoms with van der Waals surface area (Å²) in [5, 5.41) is 14.1. The molecule has 0 unspecified atom stereocenters. The van der Waals surface area contributed by atoms with Crippen LogP contribution in [-0.2, 0) is 0 Å². The second-order valence-electron chi connectivity index (χ2n) is 5.45. The highest BCUT2D eigenvalue weighted by Gasteiger charge is 2.23. The van der Waals surface area contributed by atoms with Crippen molar-refractivity contribution in [3.63, 3.8) is 0 Å². The van der Waals surface area contributed by atoms with E-state index in [-0.39, 0.29) is 11.5 Å². The molecule has 1 aliphatic heterocycles. The molecule has 0 saturated carbocycles. The Balaban J connectivity index is 2.06. The zero-order valence-corrected chi connectivity index (χ0v) is 13.9. The highest BCUT2D eigenvalue weighted by Crippen LogP contribution is 2.39. The van der Waals surface area contributed by atoms with Gasteiger partial charge in [0.05, 0.1) is 5.29 Å². The van der Waals surface area contributed by atoms with Gasteiger partial charge in [-0.25, -0.2) is 0 Å². The first-order valence-corrected chi connectivity index (χ1v) is 8.32. The Morgan fingerprint density at radius 2 is 1.35 bits per heavy atom. The van der Waals surface area contributed by atoms with Crippen molar-refractivity contribution in [2.24, 2.45) is 0 Å². The average Bonchev–Trinajstić information content (AvgIpc) is 2.91. The predicted molar refractivity (Wildman–Crippen MR) is 94.4 cm³/mol. The van der Waals surface area contributed by atoms with Gasteiger partial charge in [0.25, 0.3) is 0 Å². The van der Waals surface area contributed by atoms with E-state index in [1.807, 2.05) is 74.5 Å². The Morgan fingerprint density at radius 3 is 1.91 bits per heavy atom. The molecule has 2 aromatic carbocycles. The standard InChI is InChI=1S/C20H17O2P/c1-13-14(2)20(18(22)16-11-7-4-8-12-16)23-19(13)17(21)15-9-5-3-6-10-15/h3-12,21H,1-2H3/p-1/b19-17-. The van der Waals surface area contributed by atoms with Gasteiger partial charge >= 0.3 is 0 Å². The van der Waals surface area contributed by atoms with Crippen LogP contribution >= 0.6 is 8.20 Å². The van der Waals surface area contributed by atoms with E-state index in [0.717, 1.165) is 11.1 Å². The molecule has 1 heterocycles. The minimum atomic E-state index is -0.0000201. The van der Waals surface area contributed by atoms with E-state index < -0.39 is 0 Å². The molecule has 0 aromatic heterocycles. The van der Waals surface area contributed by atoms with Crippen LogP contribution in [0.4, 0.5) is 0 Å². The van der Waals surface area contributed by atoms with Crippen molar-refractivity contribution in [1.29, 1.82) is 0 Å². The molecule has 0 amide bonds. The zero-order chi connectivity index (χ0) is 16.4. The molecule has 3 heteroatoms. The van der Waals surface area contributed by atoms with E-state index in [1.165, 1.54) is 0 Å². The Bertz CT molecular complexity index is 844. The summed E-state index contributed by atoms with van der Waals surface area (Å²) in [6.45, 7) is 3.84. The van der Waals surface area contributed by atoms with Crippen LogP contribution in [0.15, 0.2) is 77.1 Å². The molecule has 2 aromatic rings. The normalized spacial score (nSPS) is 17.0. The summed E-state index contributed by atoms with van der Waals surface area (Å²) in [6, 6.07) is 18.4. The van der Waals surface area contributed by atoms with E-state index in [0.29, 0.717) is 29.9 Å². The van der Waals surface area contributed by atoms with Crippen LogP contribution in [0, 0.1) is 0 Å². The molecule has 0 N–H and O–H groups in total. The van der Waals surface area contributed by atoms with Crippen molar-refractivity contribution in [3.8, 4) is 0 Å². The molecule has 0 atom stereocenters. The van der Waals surface area contributed by atoms with Gasteiger partial charge in [-0.1, -0.05) is 74.6 Å². The molecule has 3 rings (SSSR count).